The van der Waals surface area contributed by atoms with Gasteiger partial charge in [0.05, 0.1) is 18.6 Å². The molecule has 8 heteroatoms. The molecule has 0 heterocycles. The largest absolute Gasteiger partial charge is 0.497 e. The molecule has 0 unspecified atom stereocenters. The Morgan fingerprint density at radius 1 is 0.938 bits per heavy atom. The van der Waals surface area contributed by atoms with Gasteiger partial charge in [0.1, 0.15) is 17.5 Å². The van der Waals surface area contributed by atoms with Crippen LogP contribution in [0.1, 0.15) is 12.5 Å². The highest BCUT2D eigenvalue weighted by Crippen LogP contribution is 2.19. The van der Waals surface area contributed by atoms with E-state index in [1.807, 2.05) is 37.3 Å². The molecule has 1 atom stereocenters. The maximum Gasteiger partial charge on any atom is 0.242 e. The number of hydrogen-bond acceptors (Lipinski definition) is 5. The fourth-order valence-corrected chi connectivity index (χ4v) is 4.30. The van der Waals surface area contributed by atoms with Crippen LogP contribution in [0, 0.1) is 0 Å². The Balaban J connectivity index is 1.83. The third kappa shape index (κ3) is 6.32. The summed E-state index contributed by atoms with van der Waals surface area (Å²) < 4.78 is 39.1. The van der Waals surface area contributed by atoms with Crippen molar-refractivity contribution in [2.75, 3.05) is 19.0 Å². The van der Waals surface area contributed by atoms with Crippen LogP contribution in [0.3, 0.4) is 0 Å². The lowest BCUT2D eigenvalue weighted by molar-refractivity contribution is -0.117. The number of hydrogen-bond donors (Lipinski definition) is 2. The van der Waals surface area contributed by atoms with Crippen LogP contribution < -0.4 is 19.5 Å². The molecule has 0 aliphatic heterocycles. The Kier molecular flexibility index (Phi) is 7.86. The Hall–Kier alpha value is -3.36. The molecule has 0 spiro atoms. The first-order valence-electron chi connectivity index (χ1n) is 10.2. The quantitative estimate of drug-likeness (QED) is 0.488. The zero-order chi connectivity index (χ0) is 23.0. The average molecular weight is 455 g/mol. The van der Waals surface area contributed by atoms with Crippen molar-refractivity contribution in [3.63, 3.8) is 0 Å². The summed E-state index contributed by atoms with van der Waals surface area (Å²) in [4.78, 5) is 13.1. The summed E-state index contributed by atoms with van der Waals surface area (Å²) in [6.45, 7) is 2.33. The third-order valence-corrected chi connectivity index (χ3v) is 6.17. The summed E-state index contributed by atoms with van der Waals surface area (Å²) in [6, 6.07) is 21.1. The highest BCUT2D eigenvalue weighted by molar-refractivity contribution is 7.89. The van der Waals surface area contributed by atoms with Crippen LogP contribution in [0.4, 0.5) is 5.69 Å². The molecule has 0 fully saturated rings. The van der Waals surface area contributed by atoms with Crippen molar-refractivity contribution in [2.45, 2.75) is 24.3 Å². The van der Waals surface area contributed by atoms with E-state index in [2.05, 4.69) is 10.0 Å². The number of benzene rings is 3. The molecule has 168 valence electrons. The molecule has 1 amide bonds. The summed E-state index contributed by atoms with van der Waals surface area (Å²) >= 11 is 0. The molecule has 7 nitrogen and oxygen atoms in total. The number of anilines is 1. The maximum absolute atomic E-state index is 13.1. The predicted octanol–water partition coefficient (Wildman–Crippen LogP) is 3.62. The standard InChI is InChI=1S/C24H26N2O5S/c1-3-31-20-12-14-22(15-13-20)32(28,29)26-23(16-18-8-5-4-6-9-18)24(27)25-19-10-7-11-21(17-19)30-2/h4-15,17,23,26H,3,16H2,1-2H3,(H,25,27)/t23-/m1/s1. The molecule has 0 saturated heterocycles. The van der Waals surface area contributed by atoms with Crippen LogP contribution in [0.15, 0.2) is 83.8 Å². The van der Waals surface area contributed by atoms with Crippen molar-refractivity contribution < 1.29 is 22.7 Å². The summed E-state index contributed by atoms with van der Waals surface area (Å²) in [6.07, 6.45) is 0.187. The topological polar surface area (TPSA) is 93.7 Å². The summed E-state index contributed by atoms with van der Waals surface area (Å²) in [7, 11) is -2.42. The van der Waals surface area contributed by atoms with Gasteiger partial charge in [0, 0.05) is 11.8 Å². The molecule has 0 aliphatic rings. The Labute approximate surface area is 188 Å². The zero-order valence-electron chi connectivity index (χ0n) is 17.9. The normalized spacial score (nSPS) is 12.1. The van der Waals surface area contributed by atoms with Crippen molar-refractivity contribution in [3.8, 4) is 11.5 Å². The summed E-state index contributed by atoms with van der Waals surface area (Å²) in [5.74, 6) is 0.678. The summed E-state index contributed by atoms with van der Waals surface area (Å²) in [5.41, 5.74) is 1.33. The van der Waals surface area contributed by atoms with Crippen LogP contribution in [-0.2, 0) is 21.2 Å². The van der Waals surface area contributed by atoms with Crippen LogP contribution in [-0.4, -0.2) is 34.1 Å². The molecule has 32 heavy (non-hydrogen) atoms. The number of sulfonamides is 1. The van der Waals surface area contributed by atoms with Crippen LogP contribution >= 0.6 is 0 Å². The molecule has 3 aromatic carbocycles. The van der Waals surface area contributed by atoms with Crippen molar-refractivity contribution in [3.05, 3.63) is 84.4 Å². The lowest BCUT2D eigenvalue weighted by Crippen LogP contribution is -2.45. The van der Waals surface area contributed by atoms with Gasteiger partial charge >= 0.3 is 0 Å². The van der Waals surface area contributed by atoms with Gasteiger partial charge in [-0.2, -0.15) is 4.72 Å². The first-order chi connectivity index (χ1) is 15.4. The summed E-state index contributed by atoms with van der Waals surface area (Å²) in [5, 5.41) is 2.77. The number of carbonyl (C=O) groups is 1. The van der Waals surface area contributed by atoms with E-state index in [1.54, 1.807) is 36.4 Å². The van der Waals surface area contributed by atoms with Crippen LogP contribution in [0.25, 0.3) is 0 Å². The van der Waals surface area contributed by atoms with Crippen LogP contribution in [0.5, 0.6) is 11.5 Å². The van der Waals surface area contributed by atoms with Gasteiger partial charge in [0.25, 0.3) is 0 Å². The van der Waals surface area contributed by atoms with Crippen LogP contribution in [0.2, 0.25) is 0 Å². The smallest absolute Gasteiger partial charge is 0.242 e. The van der Waals surface area contributed by atoms with Crippen molar-refractivity contribution >= 4 is 21.6 Å². The van der Waals surface area contributed by atoms with E-state index in [-0.39, 0.29) is 11.3 Å². The number of methoxy groups -OCH3 is 1. The van der Waals surface area contributed by atoms with Gasteiger partial charge in [-0.3, -0.25) is 4.79 Å². The highest BCUT2D eigenvalue weighted by Gasteiger charge is 2.26. The first kappa shape index (κ1) is 23.3. The number of ether oxygens (including phenoxy) is 2. The number of nitrogens with one attached hydrogen (secondary N) is 2. The molecule has 0 radical (unpaired) electrons. The number of carbonyl (C=O) groups excluding carboxylic acids is 1. The lowest BCUT2D eigenvalue weighted by atomic mass is 10.1. The fourth-order valence-electron chi connectivity index (χ4n) is 3.10. The number of rotatable bonds is 10. The van der Waals surface area contributed by atoms with E-state index >= 15 is 0 Å². The van der Waals surface area contributed by atoms with Crippen molar-refractivity contribution in [2.24, 2.45) is 0 Å². The van der Waals surface area contributed by atoms with E-state index in [4.69, 9.17) is 9.47 Å². The highest BCUT2D eigenvalue weighted by atomic mass is 32.2. The Morgan fingerprint density at radius 2 is 1.66 bits per heavy atom. The van der Waals surface area contributed by atoms with E-state index in [9.17, 15) is 13.2 Å². The Bertz CT molecular complexity index is 1130. The monoisotopic (exact) mass is 454 g/mol. The number of amides is 1. The SMILES string of the molecule is CCOc1ccc(S(=O)(=O)N[C@H](Cc2ccccc2)C(=O)Nc2cccc(OC)c2)cc1. The second-order valence-electron chi connectivity index (χ2n) is 6.99. The molecular formula is C24H26N2O5S. The minimum atomic E-state index is -3.95. The zero-order valence-corrected chi connectivity index (χ0v) is 18.8. The van der Waals surface area contributed by atoms with Gasteiger partial charge in [-0.15, -0.1) is 0 Å². The van der Waals surface area contributed by atoms with Gasteiger partial charge in [-0.05, 0) is 55.3 Å². The molecule has 3 aromatic rings. The fraction of sp³-hybridized carbons (Fsp3) is 0.208. The van der Waals surface area contributed by atoms with Gasteiger partial charge in [0.15, 0.2) is 0 Å². The van der Waals surface area contributed by atoms with E-state index in [0.717, 1.165) is 5.56 Å². The average Bonchev–Trinajstić information content (AvgIpc) is 2.80. The molecule has 3 rings (SSSR count). The lowest BCUT2D eigenvalue weighted by Gasteiger charge is -2.19. The van der Waals surface area contributed by atoms with E-state index in [1.165, 1.54) is 19.2 Å². The molecule has 0 aromatic heterocycles. The predicted molar refractivity (Wildman–Crippen MR) is 123 cm³/mol. The van der Waals surface area contributed by atoms with E-state index < -0.39 is 22.0 Å². The van der Waals surface area contributed by atoms with Crippen molar-refractivity contribution in [1.29, 1.82) is 0 Å². The second-order valence-corrected chi connectivity index (χ2v) is 8.70. The van der Waals surface area contributed by atoms with Gasteiger partial charge in [-0.1, -0.05) is 36.4 Å². The third-order valence-electron chi connectivity index (χ3n) is 4.68. The minimum absolute atomic E-state index is 0.0493. The van der Waals surface area contributed by atoms with Gasteiger partial charge in [-0.25, -0.2) is 8.42 Å². The molecule has 0 bridgehead atoms. The first-order valence-corrected chi connectivity index (χ1v) is 11.6. The maximum atomic E-state index is 13.1. The minimum Gasteiger partial charge on any atom is -0.497 e. The molecular weight excluding hydrogens is 428 g/mol. The van der Waals surface area contributed by atoms with Crippen molar-refractivity contribution in [1.82, 2.24) is 4.72 Å². The van der Waals surface area contributed by atoms with E-state index in [0.29, 0.717) is 23.8 Å². The van der Waals surface area contributed by atoms with Gasteiger partial charge in [0.2, 0.25) is 15.9 Å². The second kappa shape index (κ2) is 10.8. The molecule has 0 aliphatic carbocycles. The molecule has 0 saturated carbocycles. The Morgan fingerprint density at radius 3 is 2.31 bits per heavy atom. The van der Waals surface area contributed by atoms with Gasteiger partial charge < -0.3 is 14.8 Å². The molecule has 2 N–H and O–H groups in total.